The number of alkyl halides is 2. The topological polar surface area (TPSA) is 106 Å². The molecule has 0 radical (unpaired) electrons. The molecule has 3 heterocycles. The van der Waals surface area contributed by atoms with E-state index >= 15 is 0 Å². The number of aryl methyl sites for hydroxylation is 1. The molecule has 0 aliphatic heterocycles. The number of benzene rings is 1. The highest BCUT2D eigenvalue weighted by molar-refractivity contribution is 6.11. The summed E-state index contributed by atoms with van der Waals surface area (Å²) in [5.74, 6) is -0.810. The number of hydrogen-bond acceptors (Lipinski definition) is 5. The Hall–Kier alpha value is -4.15. The van der Waals surface area contributed by atoms with Crippen LogP contribution in [-0.2, 0) is 7.05 Å². The molecule has 0 saturated heterocycles. The van der Waals surface area contributed by atoms with Gasteiger partial charge >= 0.3 is 0 Å². The third-order valence-electron chi connectivity index (χ3n) is 5.11. The molecule has 4 rings (SSSR count). The molecule has 3 aromatic heterocycles. The molecule has 0 unspecified atom stereocenters. The highest BCUT2D eigenvalue weighted by Crippen LogP contribution is 2.27. The molecular formula is C23H23F2N7O2. The van der Waals surface area contributed by atoms with Gasteiger partial charge in [-0.05, 0) is 12.0 Å². The minimum absolute atomic E-state index is 0.0166. The Balaban J connectivity index is 1.71. The average Bonchev–Trinajstić information content (AvgIpc) is 3.40. The van der Waals surface area contributed by atoms with Gasteiger partial charge in [-0.25, -0.2) is 18.3 Å². The summed E-state index contributed by atoms with van der Waals surface area (Å²) in [6.45, 7) is 4.37. The molecule has 11 heteroatoms. The molecule has 0 spiro atoms. The number of hydrogen-bond donors (Lipinski definition) is 2. The molecule has 1 aromatic carbocycles. The molecule has 2 N–H and O–H groups in total. The molecule has 0 bridgehead atoms. The van der Waals surface area contributed by atoms with Crippen molar-refractivity contribution in [2.75, 3.05) is 11.9 Å². The highest BCUT2D eigenvalue weighted by Gasteiger charge is 2.24. The number of halogens is 2. The maximum absolute atomic E-state index is 13.8. The molecule has 0 aliphatic rings. The summed E-state index contributed by atoms with van der Waals surface area (Å²) < 4.78 is 29.9. The van der Waals surface area contributed by atoms with E-state index in [1.807, 2.05) is 13.8 Å². The number of anilines is 1. The average molecular weight is 467 g/mol. The van der Waals surface area contributed by atoms with Crippen molar-refractivity contribution in [3.8, 4) is 11.3 Å². The van der Waals surface area contributed by atoms with E-state index in [0.717, 1.165) is 4.52 Å². The van der Waals surface area contributed by atoms with Crippen LogP contribution in [0.3, 0.4) is 0 Å². The maximum atomic E-state index is 13.8. The number of carbonyl (C=O) groups excluding carboxylic acids is 2. The Bertz CT molecular complexity index is 1350. The number of aromatic nitrogens is 5. The van der Waals surface area contributed by atoms with Gasteiger partial charge in [0.2, 0.25) is 0 Å². The zero-order valence-corrected chi connectivity index (χ0v) is 18.8. The van der Waals surface area contributed by atoms with Gasteiger partial charge in [-0.3, -0.25) is 14.3 Å². The lowest BCUT2D eigenvalue weighted by molar-refractivity contribution is 0.0940. The molecule has 9 nitrogen and oxygen atoms in total. The largest absolute Gasteiger partial charge is 0.350 e. The van der Waals surface area contributed by atoms with E-state index < -0.39 is 23.9 Å². The van der Waals surface area contributed by atoms with E-state index in [0.29, 0.717) is 12.1 Å². The Morgan fingerprint density at radius 2 is 1.79 bits per heavy atom. The Morgan fingerprint density at radius 1 is 1.06 bits per heavy atom. The smallest absolute Gasteiger partial charge is 0.280 e. The Labute approximate surface area is 193 Å². The van der Waals surface area contributed by atoms with Crippen molar-refractivity contribution in [2.45, 2.75) is 20.3 Å². The maximum Gasteiger partial charge on any atom is 0.280 e. The van der Waals surface area contributed by atoms with Crippen molar-refractivity contribution >= 4 is 23.1 Å². The summed E-state index contributed by atoms with van der Waals surface area (Å²) in [5.41, 5.74) is 0.820. The van der Waals surface area contributed by atoms with Crippen LogP contribution in [-0.4, -0.2) is 42.7 Å². The summed E-state index contributed by atoms with van der Waals surface area (Å²) in [5, 5.41) is 13.4. The molecule has 2 amide bonds. The molecule has 4 aromatic rings. The van der Waals surface area contributed by atoms with Crippen LogP contribution in [0.15, 0.2) is 48.8 Å². The number of fused-ring (bicyclic) bond motifs is 1. The van der Waals surface area contributed by atoms with Gasteiger partial charge in [-0.1, -0.05) is 44.2 Å². The second-order valence-corrected chi connectivity index (χ2v) is 8.12. The standard InChI is InChI=1S/C23H23F2N7O2/c1-13(2)10-26-23(34)19-17(12-27-31(19)3)30-22(33)15-11-28-32-18(20(24)25)9-16(29-21(15)32)14-7-5-4-6-8-14/h4-9,11-13,20H,10H2,1-3H3,(H,26,34)(H,30,33). The van der Waals surface area contributed by atoms with Gasteiger partial charge in [-0.2, -0.15) is 10.2 Å². The van der Waals surface area contributed by atoms with E-state index in [1.165, 1.54) is 23.1 Å². The first-order valence-electron chi connectivity index (χ1n) is 10.6. The third kappa shape index (κ3) is 4.49. The van der Waals surface area contributed by atoms with Crippen molar-refractivity contribution < 1.29 is 18.4 Å². The highest BCUT2D eigenvalue weighted by atomic mass is 19.3. The lowest BCUT2D eigenvalue weighted by Gasteiger charge is -2.10. The van der Waals surface area contributed by atoms with Crippen molar-refractivity contribution in [1.29, 1.82) is 0 Å². The number of nitrogens with zero attached hydrogens (tertiary/aromatic N) is 5. The zero-order chi connectivity index (χ0) is 24.4. The third-order valence-corrected chi connectivity index (χ3v) is 5.11. The fourth-order valence-corrected chi connectivity index (χ4v) is 3.43. The fourth-order valence-electron chi connectivity index (χ4n) is 3.43. The van der Waals surface area contributed by atoms with E-state index in [2.05, 4.69) is 25.8 Å². The van der Waals surface area contributed by atoms with Gasteiger partial charge < -0.3 is 10.6 Å². The van der Waals surface area contributed by atoms with Crippen molar-refractivity contribution in [1.82, 2.24) is 29.7 Å². The van der Waals surface area contributed by atoms with E-state index in [4.69, 9.17) is 0 Å². The summed E-state index contributed by atoms with van der Waals surface area (Å²) in [6, 6.07) is 10.1. The number of rotatable bonds is 7. The van der Waals surface area contributed by atoms with Crippen LogP contribution < -0.4 is 10.6 Å². The molecule has 0 aliphatic carbocycles. The molecule has 0 atom stereocenters. The van der Waals surface area contributed by atoms with E-state index in [1.54, 1.807) is 37.4 Å². The van der Waals surface area contributed by atoms with Crippen LogP contribution in [0.5, 0.6) is 0 Å². The minimum atomic E-state index is -2.83. The van der Waals surface area contributed by atoms with Crippen molar-refractivity contribution in [3.05, 3.63) is 65.7 Å². The van der Waals surface area contributed by atoms with Gasteiger partial charge in [0.05, 0.1) is 23.8 Å². The van der Waals surface area contributed by atoms with Gasteiger partial charge in [0.15, 0.2) is 5.65 Å². The van der Waals surface area contributed by atoms with Crippen molar-refractivity contribution in [2.24, 2.45) is 13.0 Å². The van der Waals surface area contributed by atoms with Crippen LogP contribution in [0.2, 0.25) is 0 Å². The van der Waals surface area contributed by atoms with Crippen LogP contribution in [0.25, 0.3) is 16.9 Å². The molecule has 34 heavy (non-hydrogen) atoms. The first-order valence-corrected chi connectivity index (χ1v) is 10.6. The van der Waals surface area contributed by atoms with Gasteiger partial charge in [0.25, 0.3) is 18.2 Å². The number of nitrogens with one attached hydrogen (secondary N) is 2. The SMILES string of the molecule is CC(C)CNC(=O)c1c(NC(=O)c2cnn3c(C(F)F)cc(-c4ccccc4)nc23)cnn1C. The summed E-state index contributed by atoms with van der Waals surface area (Å²) in [4.78, 5) is 30.2. The summed E-state index contributed by atoms with van der Waals surface area (Å²) in [7, 11) is 1.58. The molecule has 176 valence electrons. The predicted molar refractivity (Wildman–Crippen MR) is 122 cm³/mol. The molecular weight excluding hydrogens is 444 g/mol. The Morgan fingerprint density at radius 3 is 2.47 bits per heavy atom. The second kappa shape index (κ2) is 9.38. The Kier molecular flexibility index (Phi) is 6.35. The van der Waals surface area contributed by atoms with Crippen molar-refractivity contribution in [3.63, 3.8) is 0 Å². The van der Waals surface area contributed by atoms with Crippen LogP contribution in [0.4, 0.5) is 14.5 Å². The zero-order valence-electron chi connectivity index (χ0n) is 18.8. The number of amides is 2. The second-order valence-electron chi connectivity index (χ2n) is 8.12. The van der Waals surface area contributed by atoms with E-state index in [-0.39, 0.29) is 34.2 Å². The predicted octanol–water partition coefficient (Wildman–Crippen LogP) is 3.71. The van der Waals surface area contributed by atoms with Crippen LogP contribution in [0, 0.1) is 5.92 Å². The van der Waals surface area contributed by atoms with Crippen LogP contribution >= 0.6 is 0 Å². The first kappa shape index (κ1) is 23.0. The van der Waals surface area contributed by atoms with Gasteiger partial charge in [-0.15, -0.1) is 0 Å². The summed E-state index contributed by atoms with van der Waals surface area (Å²) >= 11 is 0. The first-order chi connectivity index (χ1) is 16.3. The monoisotopic (exact) mass is 467 g/mol. The normalized spacial score (nSPS) is 11.4. The quantitative estimate of drug-likeness (QED) is 0.431. The molecule has 0 saturated carbocycles. The lowest BCUT2D eigenvalue weighted by atomic mass is 10.1. The van der Waals surface area contributed by atoms with Crippen LogP contribution in [0.1, 0.15) is 46.8 Å². The van der Waals surface area contributed by atoms with Gasteiger partial charge in [0.1, 0.15) is 17.0 Å². The van der Waals surface area contributed by atoms with E-state index in [9.17, 15) is 18.4 Å². The fraction of sp³-hybridized carbons (Fsp3) is 0.261. The summed E-state index contributed by atoms with van der Waals surface area (Å²) in [6.07, 6.45) is -0.313. The lowest BCUT2D eigenvalue weighted by Crippen LogP contribution is -2.30. The molecule has 0 fully saturated rings. The number of carbonyl (C=O) groups is 2. The minimum Gasteiger partial charge on any atom is -0.350 e. The van der Waals surface area contributed by atoms with Gasteiger partial charge in [0, 0.05) is 19.2 Å².